The molecule has 1 atom stereocenters. The molecule has 0 spiro atoms. The van der Waals surface area contributed by atoms with Crippen LogP contribution in [0.1, 0.15) is 17.0 Å². The summed E-state index contributed by atoms with van der Waals surface area (Å²) in [5.74, 6) is -0.299. The summed E-state index contributed by atoms with van der Waals surface area (Å²) in [4.78, 5) is 21.4. The number of carbonyl (C=O) groups is 1. The lowest BCUT2D eigenvalue weighted by Crippen LogP contribution is -2.51. The second-order valence-electron chi connectivity index (χ2n) is 5.15. The van der Waals surface area contributed by atoms with Gasteiger partial charge >= 0.3 is 6.18 Å². The number of ether oxygens (including phenoxy) is 1. The fraction of sp³-hybridized carbons (Fsp3) is 0.615. The van der Waals surface area contributed by atoms with Crippen molar-refractivity contribution in [2.24, 2.45) is 0 Å². The summed E-state index contributed by atoms with van der Waals surface area (Å²) >= 11 is 0. The van der Waals surface area contributed by atoms with E-state index in [1.165, 1.54) is 0 Å². The summed E-state index contributed by atoms with van der Waals surface area (Å²) in [6.45, 7) is 2.89. The zero-order valence-electron chi connectivity index (χ0n) is 12.3. The van der Waals surface area contributed by atoms with Gasteiger partial charge in [-0.15, -0.1) is 0 Å². The van der Waals surface area contributed by atoms with Gasteiger partial charge in [-0.05, 0) is 13.8 Å². The minimum Gasteiger partial charge on any atom is -0.368 e. The van der Waals surface area contributed by atoms with Crippen LogP contribution in [0.5, 0.6) is 0 Å². The Hall–Kier alpha value is -1.90. The normalized spacial score (nSPS) is 19.3. The van der Waals surface area contributed by atoms with Gasteiger partial charge in [-0.1, -0.05) is 0 Å². The third-order valence-corrected chi connectivity index (χ3v) is 3.55. The highest BCUT2D eigenvalue weighted by Crippen LogP contribution is 2.26. The number of hydrogen-bond donors (Lipinski definition) is 1. The number of nitrogens with zero attached hydrogens (tertiary/aromatic N) is 3. The largest absolute Gasteiger partial charge is 0.416 e. The number of alkyl halides is 3. The summed E-state index contributed by atoms with van der Waals surface area (Å²) in [5, 5.41) is 0. The smallest absolute Gasteiger partial charge is 0.368 e. The summed E-state index contributed by atoms with van der Waals surface area (Å²) < 4.78 is 42.7. The molecule has 1 amide bonds. The highest BCUT2D eigenvalue weighted by atomic mass is 19.4. The molecule has 1 aromatic rings. The van der Waals surface area contributed by atoms with Crippen molar-refractivity contribution in [2.45, 2.75) is 32.5 Å². The van der Waals surface area contributed by atoms with Crippen LogP contribution in [-0.4, -0.2) is 52.8 Å². The number of morpholine rings is 1. The Morgan fingerprint density at radius 1 is 1.36 bits per heavy atom. The molecule has 0 radical (unpaired) electrons. The number of aromatic nitrogens is 2. The number of aryl methyl sites for hydroxylation is 2. The molecular weight excluding hydrogens is 301 g/mol. The zero-order valence-corrected chi connectivity index (χ0v) is 12.3. The first-order chi connectivity index (χ1) is 10.2. The fourth-order valence-electron chi connectivity index (χ4n) is 2.36. The molecule has 6 nitrogen and oxygen atoms in total. The maximum atomic E-state index is 12.7. The first-order valence-corrected chi connectivity index (χ1v) is 6.74. The van der Waals surface area contributed by atoms with Crippen LogP contribution in [0.15, 0.2) is 0 Å². The van der Waals surface area contributed by atoms with Crippen molar-refractivity contribution in [3.05, 3.63) is 17.0 Å². The van der Waals surface area contributed by atoms with Crippen LogP contribution in [0.25, 0.3) is 0 Å². The van der Waals surface area contributed by atoms with Gasteiger partial charge in [0.05, 0.1) is 19.6 Å². The molecule has 1 aromatic heterocycles. The zero-order chi connectivity index (χ0) is 16.5. The second-order valence-corrected chi connectivity index (χ2v) is 5.15. The monoisotopic (exact) mass is 318 g/mol. The summed E-state index contributed by atoms with van der Waals surface area (Å²) in [6, 6.07) is 0. The van der Waals surface area contributed by atoms with E-state index in [-0.39, 0.29) is 25.5 Å². The molecule has 0 saturated carbocycles. The second kappa shape index (κ2) is 6.07. The van der Waals surface area contributed by atoms with E-state index in [0.29, 0.717) is 17.0 Å². The van der Waals surface area contributed by atoms with Crippen LogP contribution < -0.4 is 5.73 Å². The van der Waals surface area contributed by atoms with Gasteiger partial charge in [-0.2, -0.15) is 13.2 Å². The first kappa shape index (κ1) is 16.5. The average Bonchev–Trinajstić information content (AvgIpc) is 2.41. The van der Waals surface area contributed by atoms with E-state index in [1.807, 2.05) is 0 Å². The van der Waals surface area contributed by atoms with Crippen molar-refractivity contribution in [2.75, 3.05) is 25.4 Å². The lowest BCUT2D eigenvalue weighted by atomic mass is 10.1. The first-order valence-electron chi connectivity index (χ1n) is 6.74. The SMILES string of the molecule is Cc1nc(N)nc(C)c1CC(=O)N1CCO[C@H](C(F)(F)F)C1. The molecule has 0 unspecified atom stereocenters. The van der Waals surface area contributed by atoms with Gasteiger partial charge in [0.15, 0.2) is 6.10 Å². The van der Waals surface area contributed by atoms with Crippen molar-refractivity contribution >= 4 is 11.9 Å². The van der Waals surface area contributed by atoms with Crippen molar-refractivity contribution < 1.29 is 22.7 Å². The van der Waals surface area contributed by atoms with Crippen LogP contribution >= 0.6 is 0 Å². The molecule has 1 aliphatic rings. The number of anilines is 1. The number of amides is 1. The van der Waals surface area contributed by atoms with E-state index in [4.69, 9.17) is 5.73 Å². The van der Waals surface area contributed by atoms with Crippen LogP contribution in [0.4, 0.5) is 19.1 Å². The third-order valence-electron chi connectivity index (χ3n) is 3.55. The van der Waals surface area contributed by atoms with Crippen LogP contribution in [-0.2, 0) is 16.0 Å². The van der Waals surface area contributed by atoms with Gasteiger partial charge in [0.2, 0.25) is 11.9 Å². The molecule has 0 bridgehead atoms. The van der Waals surface area contributed by atoms with E-state index in [9.17, 15) is 18.0 Å². The number of nitrogen functional groups attached to an aromatic ring is 1. The van der Waals surface area contributed by atoms with Crippen molar-refractivity contribution in [3.63, 3.8) is 0 Å². The average molecular weight is 318 g/mol. The molecule has 22 heavy (non-hydrogen) atoms. The highest BCUT2D eigenvalue weighted by molar-refractivity contribution is 5.79. The summed E-state index contributed by atoms with van der Waals surface area (Å²) in [7, 11) is 0. The van der Waals surface area contributed by atoms with Crippen LogP contribution in [0, 0.1) is 13.8 Å². The molecule has 1 aliphatic heterocycles. The third kappa shape index (κ3) is 3.65. The van der Waals surface area contributed by atoms with Crippen LogP contribution in [0.3, 0.4) is 0 Å². The van der Waals surface area contributed by atoms with E-state index < -0.39 is 24.7 Å². The maximum absolute atomic E-state index is 12.7. The van der Waals surface area contributed by atoms with Gasteiger partial charge < -0.3 is 15.4 Å². The van der Waals surface area contributed by atoms with Gasteiger partial charge in [0, 0.05) is 23.5 Å². The Balaban J connectivity index is 2.10. The van der Waals surface area contributed by atoms with Gasteiger partial charge in [-0.25, -0.2) is 9.97 Å². The quantitative estimate of drug-likeness (QED) is 0.880. The minimum atomic E-state index is -4.48. The fourth-order valence-corrected chi connectivity index (χ4v) is 2.36. The van der Waals surface area contributed by atoms with E-state index in [2.05, 4.69) is 14.7 Å². The Morgan fingerprint density at radius 2 is 1.95 bits per heavy atom. The number of carbonyl (C=O) groups excluding carboxylic acids is 1. The lowest BCUT2D eigenvalue weighted by molar-refractivity contribution is -0.236. The Bertz CT molecular complexity index is 554. The Kier molecular flexibility index (Phi) is 4.55. The number of halogens is 3. The predicted molar refractivity (Wildman–Crippen MR) is 72.0 cm³/mol. The van der Waals surface area contributed by atoms with Crippen molar-refractivity contribution in [1.82, 2.24) is 14.9 Å². The maximum Gasteiger partial charge on any atom is 0.416 e. The molecule has 1 saturated heterocycles. The van der Waals surface area contributed by atoms with E-state index in [1.54, 1.807) is 13.8 Å². The van der Waals surface area contributed by atoms with E-state index in [0.717, 1.165) is 4.90 Å². The van der Waals surface area contributed by atoms with Gasteiger partial charge in [0.1, 0.15) is 0 Å². The molecule has 2 N–H and O–H groups in total. The number of hydrogen-bond acceptors (Lipinski definition) is 5. The molecule has 9 heteroatoms. The molecule has 0 aliphatic carbocycles. The highest BCUT2D eigenvalue weighted by Gasteiger charge is 2.44. The Labute approximate surface area is 125 Å². The topological polar surface area (TPSA) is 81.3 Å². The minimum absolute atomic E-state index is 0.0531. The molecule has 2 heterocycles. The summed E-state index contributed by atoms with van der Waals surface area (Å²) in [6.07, 6.45) is -6.47. The van der Waals surface area contributed by atoms with E-state index >= 15 is 0 Å². The standard InChI is InChI=1S/C13H17F3N4O2/c1-7-9(8(2)19-12(17)18-7)5-11(21)20-3-4-22-10(6-20)13(14,15)16/h10H,3-6H2,1-2H3,(H2,17,18,19)/t10-/m0/s1. The molecule has 0 aromatic carbocycles. The van der Waals surface area contributed by atoms with Crippen molar-refractivity contribution in [3.8, 4) is 0 Å². The Morgan fingerprint density at radius 3 is 2.50 bits per heavy atom. The molecule has 122 valence electrons. The summed E-state index contributed by atoms with van der Waals surface area (Å²) in [5.41, 5.74) is 7.21. The van der Waals surface area contributed by atoms with Gasteiger partial charge in [0.25, 0.3) is 0 Å². The predicted octanol–water partition coefficient (Wildman–Crippen LogP) is 1.01. The van der Waals surface area contributed by atoms with Crippen molar-refractivity contribution in [1.29, 1.82) is 0 Å². The van der Waals surface area contributed by atoms with Crippen LogP contribution in [0.2, 0.25) is 0 Å². The number of rotatable bonds is 2. The number of nitrogens with two attached hydrogens (primary N) is 1. The lowest BCUT2D eigenvalue weighted by Gasteiger charge is -2.34. The van der Waals surface area contributed by atoms with Gasteiger partial charge in [-0.3, -0.25) is 4.79 Å². The molecular formula is C13H17F3N4O2. The molecule has 2 rings (SSSR count). The molecule has 1 fully saturated rings.